The highest BCUT2D eigenvalue weighted by Gasteiger charge is 2.38. The second-order valence-corrected chi connectivity index (χ2v) is 14.2. The minimum Gasteiger partial charge on any atom is -0.369 e. The van der Waals surface area contributed by atoms with Crippen molar-refractivity contribution in [2.75, 3.05) is 42.6 Å². The number of benzene rings is 2. The second kappa shape index (κ2) is 8.19. The lowest BCUT2D eigenvalue weighted by atomic mass is 10.2. The Hall–Kier alpha value is -1.95. The average molecular weight is 485 g/mol. The van der Waals surface area contributed by atoms with Crippen LogP contribution in [0, 0.1) is 0 Å². The first-order valence-electron chi connectivity index (χ1n) is 9.94. The molecule has 0 amide bonds. The van der Waals surface area contributed by atoms with E-state index in [0.717, 1.165) is 11.8 Å². The van der Waals surface area contributed by atoms with Gasteiger partial charge in [0.1, 0.15) is 0 Å². The van der Waals surface area contributed by atoms with Gasteiger partial charge in [-0.2, -0.15) is 4.31 Å². The molecule has 4 rings (SSSR count). The van der Waals surface area contributed by atoms with E-state index < -0.39 is 40.7 Å². The molecule has 2 aromatic carbocycles. The summed E-state index contributed by atoms with van der Waals surface area (Å²) in [5, 5.41) is -1.04. The van der Waals surface area contributed by atoms with E-state index in [4.69, 9.17) is 0 Å². The number of sulfonamides is 1. The van der Waals surface area contributed by atoms with Crippen molar-refractivity contribution in [3.05, 3.63) is 54.6 Å². The highest BCUT2D eigenvalue weighted by Crippen LogP contribution is 2.28. The van der Waals surface area contributed by atoms with E-state index in [1.54, 1.807) is 0 Å². The summed E-state index contributed by atoms with van der Waals surface area (Å²) in [4.78, 5) is 1.86. The molecule has 2 fully saturated rings. The lowest BCUT2D eigenvalue weighted by molar-refractivity contribution is 0.385. The van der Waals surface area contributed by atoms with Crippen LogP contribution in [0.3, 0.4) is 0 Å². The Kier molecular flexibility index (Phi) is 5.88. The largest absolute Gasteiger partial charge is 0.369 e. The molecule has 0 N–H and O–H groups in total. The molecule has 0 spiro atoms. The number of rotatable bonds is 5. The van der Waals surface area contributed by atoms with Crippen LogP contribution in [0.2, 0.25) is 0 Å². The van der Waals surface area contributed by atoms with Crippen molar-refractivity contribution < 1.29 is 25.3 Å². The summed E-state index contributed by atoms with van der Waals surface area (Å²) < 4.78 is 76.9. The molecule has 0 saturated carbocycles. The zero-order valence-electron chi connectivity index (χ0n) is 16.8. The standard InChI is InChI=1S/C20H24N2O6S3/c23-29(24)14-9-20(16-29)30(25,26)18-7-4-8-19(15-18)31(27,28)22-12-10-21(11-13-22)17-5-2-1-3-6-17/h1-8,15,20H,9-14,16H2. The third-order valence-corrected chi connectivity index (χ3v) is 11.8. The summed E-state index contributed by atoms with van der Waals surface area (Å²) in [6.07, 6.45) is 0.0308. The van der Waals surface area contributed by atoms with E-state index in [1.807, 2.05) is 30.3 Å². The van der Waals surface area contributed by atoms with E-state index >= 15 is 0 Å². The summed E-state index contributed by atoms with van der Waals surface area (Å²) in [7, 11) is -11.2. The third-order valence-electron chi connectivity index (χ3n) is 5.76. The van der Waals surface area contributed by atoms with E-state index in [9.17, 15) is 25.3 Å². The molecule has 2 aromatic rings. The molecule has 0 aliphatic carbocycles. The van der Waals surface area contributed by atoms with Crippen LogP contribution in [0.25, 0.3) is 0 Å². The average Bonchev–Trinajstić information content (AvgIpc) is 3.15. The van der Waals surface area contributed by atoms with Crippen molar-refractivity contribution in [1.82, 2.24) is 4.31 Å². The lowest BCUT2D eigenvalue weighted by Gasteiger charge is -2.35. The van der Waals surface area contributed by atoms with Crippen LogP contribution >= 0.6 is 0 Å². The second-order valence-electron chi connectivity index (χ2n) is 7.77. The zero-order chi connectivity index (χ0) is 22.3. The van der Waals surface area contributed by atoms with Gasteiger partial charge in [0, 0.05) is 31.9 Å². The van der Waals surface area contributed by atoms with Crippen molar-refractivity contribution in [1.29, 1.82) is 0 Å². The molecular formula is C20H24N2O6S3. The predicted molar refractivity (Wildman–Crippen MR) is 118 cm³/mol. The number of hydrogen-bond donors (Lipinski definition) is 0. The van der Waals surface area contributed by atoms with Gasteiger partial charge in [0.15, 0.2) is 19.7 Å². The summed E-state index contributed by atoms with van der Waals surface area (Å²) >= 11 is 0. The van der Waals surface area contributed by atoms with Gasteiger partial charge in [-0.05, 0) is 36.8 Å². The van der Waals surface area contributed by atoms with Crippen molar-refractivity contribution >= 4 is 35.4 Å². The molecule has 168 valence electrons. The smallest absolute Gasteiger partial charge is 0.243 e. The van der Waals surface area contributed by atoms with E-state index in [2.05, 4.69) is 4.90 Å². The van der Waals surface area contributed by atoms with Crippen LogP contribution in [0.4, 0.5) is 5.69 Å². The van der Waals surface area contributed by atoms with Crippen molar-refractivity contribution in [2.24, 2.45) is 0 Å². The van der Waals surface area contributed by atoms with E-state index in [0.29, 0.717) is 13.1 Å². The van der Waals surface area contributed by atoms with Gasteiger partial charge in [0.05, 0.1) is 26.5 Å². The molecule has 1 unspecified atom stereocenters. The fourth-order valence-electron chi connectivity index (χ4n) is 3.98. The van der Waals surface area contributed by atoms with Gasteiger partial charge in [0.2, 0.25) is 10.0 Å². The lowest BCUT2D eigenvalue weighted by Crippen LogP contribution is -2.48. The molecule has 1 atom stereocenters. The maximum Gasteiger partial charge on any atom is 0.243 e. The number of nitrogens with zero attached hydrogens (tertiary/aromatic N) is 2. The van der Waals surface area contributed by atoms with Crippen molar-refractivity contribution in [3.63, 3.8) is 0 Å². The number of para-hydroxylation sites is 1. The molecule has 0 radical (unpaired) electrons. The van der Waals surface area contributed by atoms with Gasteiger partial charge in [-0.15, -0.1) is 0 Å². The first kappa shape index (κ1) is 22.3. The topological polar surface area (TPSA) is 109 Å². The van der Waals surface area contributed by atoms with Crippen molar-refractivity contribution in [2.45, 2.75) is 21.5 Å². The fourth-order valence-corrected chi connectivity index (χ4v) is 9.93. The van der Waals surface area contributed by atoms with Crippen LogP contribution in [-0.4, -0.2) is 72.5 Å². The fraction of sp³-hybridized carbons (Fsp3) is 0.400. The highest BCUT2D eigenvalue weighted by atomic mass is 32.2. The van der Waals surface area contributed by atoms with Crippen LogP contribution in [0.1, 0.15) is 6.42 Å². The molecule has 11 heteroatoms. The van der Waals surface area contributed by atoms with Crippen LogP contribution in [0.5, 0.6) is 0 Å². The molecule has 2 heterocycles. The number of sulfone groups is 2. The molecule has 8 nitrogen and oxygen atoms in total. The number of hydrogen-bond acceptors (Lipinski definition) is 7. The van der Waals surface area contributed by atoms with Gasteiger partial charge in [0.25, 0.3) is 0 Å². The van der Waals surface area contributed by atoms with Gasteiger partial charge < -0.3 is 4.90 Å². The maximum absolute atomic E-state index is 13.2. The summed E-state index contributed by atoms with van der Waals surface area (Å²) in [5.74, 6) is -0.589. The monoisotopic (exact) mass is 484 g/mol. The van der Waals surface area contributed by atoms with Gasteiger partial charge in [-0.1, -0.05) is 24.3 Å². The SMILES string of the molecule is O=S1(=O)CCC(S(=O)(=O)c2cccc(S(=O)(=O)N3CCN(c4ccccc4)CC3)c2)C1. The Morgan fingerprint density at radius 2 is 1.45 bits per heavy atom. The molecule has 2 aliphatic heterocycles. The molecule has 31 heavy (non-hydrogen) atoms. The van der Waals surface area contributed by atoms with Crippen molar-refractivity contribution in [3.8, 4) is 0 Å². The Balaban J connectivity index is 1.53. The first-order valence-corrected chi connectivity index (χ1v) is 14.7. The van der Waals surface area contributed by atoms with Crippen LogP contribution in [0.15, 0.2) is 64.4 Å². The third kappa shape index (κ3) is 4.50. The molecule has 0 bridgehead atoms. The first-order chi connectivity index (χ1) is 14.6. The Labute approximate surface area is 183 Å². The summed E-state index contributed by atoms with van der Waals surface area (Å²) in [6, 6.07) is 15.0. The van der Waals surface area contributed by atoms with Crippen LogP contribution < -0.4 is 4.90 Å². The predicted octanol–water partition coefficient (Wildman–Crippen LogP) is 1.16. The normalized spacial score (nSPS) is 22.5. The molecule has 0 aromatic heterocycles. The minimum atomic E-state index is -3.94. The number of anilines is 1. The van der Waals surface area contributed by atoms with Gasteiger partial charge >= 0.3 is 0 Å². The highest BCUT2D eigenvalue weighted by molar-refractivity contribution is 7.96. The molecule has 2 saturated heterocycles. The number of piperazine rings is 1. The maximum atomic E-state index is 13.2. The van der Waals surface area contributed by atoms with Crippen LogP contribution in [-0.2, 0) is 29.7 Å². The Morgan fingerprint density at radius 1 is 0.806 bits per heavy atom. The molecular weight excluding hydrogens is 460 g/mol. The molecule has 2 aliphatic rings. The van der Waals surface area contributed by atoms with E-state index in [-0.39, 0.29) is 35.1 Å². The Bertz CT molecular complexity index is 1270. The summed E-state index contributed by atoms with van der Waals surface area (Å²) in [5.41, 5.74) is 1.03. The minimum absolute atomic E-state index is 0.0308. The zero-order valence-corrected chi connectivity index (χ0v) is 19.2. The summed E-state index contributed by atoms with van der Waals surface area (Å²) in [6.45, 7) is 1.63. The van der Waals surface area contributed by atoms with Gasteiger partial charge in [-0.25, -0.2) is 25.3 Å². The van der Waals surface area contributed by atoms with Gasteiger partial charge in [-0.3, -0.25) is 0 Å². The van der Waals surface area contributed by atoms with E-state index in [1.165, 1.54) is 22.5 Å². The quantitative estimate of drug-likeness (QED) is 0.626. The Morgan fingerprint density at radius 3 is 2.06 bits per heavy atom.